The molecule has 1 unspecified atom stereocenters. The van der Waals surface area contributed by atoms with E-state index in [9.17, 15) is 4.79 Å². The van der Waals surface area contributed by atoms with Crippen LogP contribution in [0.3, 0.4) is 0 Å². The monoisotopic (exact) mass is 358 g/mol. The van der Waals surface area contributed by atoms with Crippen molar-refractivity contribution in [3.05, 3.63) is 18.2 Å². The first-order valence-electron chi connectivity index (χ1n) is 10.7. The lowest BCUT2D eigenvalue weighted by molar-refractivity contribution is -0.142. The second kappa shape index (κ2) is 7.71. The maximum absolute atomic E-state index is 12.6. The van der Waals surface area contributed by atoms with E-state index in [4.69, 9.17) is 0 Å². The van der Waals surface area contributed by atoms with Crippen molar-refractivity contribution in [2.24, 2.45) is 5.41 Å². The SMILES string of the molecule is CCCn1ccnc1CN1CCCC2(CCC(=O)N(C3CCCC3)C2)C1. The summed E-state index contributed by atoms with van der Waals surface area (Å²) < 4.78 is 2.30. The van der Waals surface area contributed by atoms with Gasteiger partial charge in [0.1, 0.15) is 5.82 Å². The molecule has 3 aliphatic rings. The molecule has 0 aromatic carbocycles. The quantitative estimate of drug-likeness (QED) is 0.810. The van der Waals surface area contributed by atoms with E-state index in [0.717, 1.165) is 52.0 Å². The van der Waals surface area contributed by atoms with Crippen molar-refractivity contribution in [3.8, 4) is 0 Å². The normalized spacial score (nSPS) is 28.3. The van der Waals surface area contributed by atoms with Gasteiger partial charge < -0.3 is 9.47 Å². The topological polar surface area (TPSA) is 41.4 Å². The number of imidazole rings is 1. The summed E-state index contributed by atoms with van der Waals surface area (Å²) in [7, 11) is 0. The van der Waals surface area contributed by atoms with Gasteiger partial charge in [0.2, 0.25) is 5.91 Å². The number of rotatable bonds is 5. The predicted octanol–water partition coefficient (Wildman–Crippen LogP) is 3.44. The summed E-state index contributed by atoms with van der Waals surface area (Å²) >= 11 is 0. The molecule has 1 aromatic rings. The van der Waals surface area contributed by atoms with Gasteiger partial charge in [-0.05, 0) is 45.1 Å². The third kappa shape index (κ3) is 3.68. The number of hydrogen-bond acceptors (Lipinski definition) is 3. The van der Waals surface area contributed by atoms with Gasteiger partial charge in [-0.15, -0.1) is 0 Å². The fraction of sp³-hybridized carbons (Fsp3) is 0.810. The molecule has 2 aliphatic heterocycles. The zero-order valence-electron chi connectivity index (χ0n) is 16.3. The Labute approximate surface area is 157 Å². The molecule has 1 saturated carbocycles. The van der Waals surface area contributed by atoms with Crippen LogP contribution in [0.15, 0.2) is 12.4 Å². The van der Waals surface area contributed by atoms with E-state index in [-0.39, 0.29) is 0 Å². The van der Waals surface area contributed by atoms with E-state index >= 15 is 0 Å². The maximum Gasteiger partial charge on any atom is 0.222 e. The maximum atomic E-state index is 12.6. The van der Waals surface area contributed by atoms with Gasteiger partial charge in [0.25, 0.3) is 0 Å². The van der Waals surface area contributed by atoms with E-state index in [2.05, 4.69) is 32.5 Å². The van der Waals surface area contributed by atoms with E-state index in [1.165, 1.54) is 44.3 Å². The van der Waals surface area contributed by atoms with Crippen molar-refractivity contribution >= 4 is 5.91 Å². The van der Waals surface area contributed by atoms with Gasteiger partial charge in [-0.3, -0.25) is 9.69 Å². The summed E-state index contributed by atoms with van der Waals surface area (Å²) in [5, 5.41) is 0. The minimum Gasteiger partial charge on any atom is -0.339 e. The summed E-state index contributed by atoms with van der Waals surface area (Å²) in [6.45, 7) is 7.51. The molecule has 1 aliphatic carbocycles. The largest absolute Gasteiger partial charge is 0.339 e. The molecule has 1 atom stereocenters. The number of likely N-dealkylation sites (tertiary alicyclic amines) is 2. The lowest BCUT2D eigenvalue weighted by Crippen LogP contribution is -2.56. The number of aryl methyl sites for hydroxylation is 1. The van der Waals surface area contributed by atoms with Gasteiger partial charge in [0.15, 0.2) is 0 Å². The Balaban J connectivity index is 1.43. The molecule has 26 heavy (non-hydrogen) atoms. The van der Waals surface area contributed by atoms with Crippen molar-refractivity contribution in [1.82, 2.24) is 19.4 Å². The lowest BCUT2D eigenvalue weighted by atomic mass is 9.73. The van der Waals surface area contributed by atoms with Crippen LogP contribution in [0.4, 0.5) is 0 Å². The molecule has 4 rings (SSSR count). The number of nitrogens with zero attached hydrogens (tertiary/aromatic N) is 4. The number of aromatic nitrogens is 2. The van der Waals surface area contributed by atoms with Gasteiger partial charge in [0, 0.05) is 49.9 Å². The molecular weight excluding hydrogens is 324 g/mol. The minimum absolute atomic E-state index is 0.316. The lowest BCUT2D eigenvalue weighted by Gasteiger charge is -2.49. The van der Waals surface area contributed by atoms with Crippen molar-refractivity contribution in [2.75, 3.05) is 19.6 Å². The third-order valence-electron chi connectivity index (χ3n) is 6.83. The van der Waals surface area contributed by atoms with E-state index in [1.54, 1.807) is 0 Å². The molecule has 0 N–H and O–H groups in total. The Morgan fingerprint density at radius 3 is 2.85 bits per heavy atom. The second-order valence-corrected chi connectivity index (χ2v) is 8.81. The Morgan fingerprint density at radius 1 is 1.19 bits per heavy atom. The van der Waals surface area contributed by atoms with Crippen LogP contribution in [-0.2, 0) is 17.9 Å². The molecule has 2 saturated heterocycles. The highest BCUT2D eigenvalue weighted by Gasteiger charge is 2.43. The summed E-state index contributed by atoms with van der Waals surface area (Å²) in [6, 6.07) is 0.526. The average Bonchev–Trinajstić information content (AvgIpc) is 3.31. The van der Waals surface area contributed by atoms with Crippen LogP contribution in [0.25, 0.3) is 0 Å². The van der Waals surface area contributed by atoms with Crippen molar-refractivity contribution < 1.29 is 4.79 Å². The summed E-state index contributed by atoms with van der Waals surface area (Å²) in [5.41, 5.74) is 0.316. The highest BCUT2D eigenvalue weighted by molar-refractivity contribution is 5.77. The number of piperidine rings is 2. The van der Waals surface area contributed by atoms with Gasteiger partial charge in [-0.1, -0.05) is 19.8 Å². The Hall–Kier alpha value is -1.36. The fourth-order valence-corrected chi connectivity index (χ4v) is 5.51. The molecule has 1 spiro atoms. The fourth-order valence-electron chi connectivity index (χ4n) is 5.51. The number of carbonyl (C=O) groups is 1. The summed E-state index contributed by atoms with van der Waals surface area (Å²) in [4.78, 5) is 22.0. The number of carbonyl (C=O) groups excluding carboxylic acids is 1. The van der Waals surface area contributed by atoms with Gasteiger partial charge in [-0.2, -0.15) is 0 Å². The molecule has 1 aromatic heterocycles. The average molecular weight is 359 g/mol. The molecule has 5 nitrogen and oxygen atoms in total. The Morgan fingerprint density at radius 2 is 2.04 bits per heavy atom. The van der Waals surface area contributed by atoms with Crippen LogP contribution in [-0.4, -0.2) is 50.9 Å². The first kappa shape index (κ1) is 18.0. The van der Waals surface area contributed by atoms with Crippen LogP contribution >= 0.6 is 0 Å². The van der Waals surface area contributed by atoms with E-state index < -0.39 is 0 Å². The Bertz CT molecular complexity index is 621. The molecule has 3 fully saturated rings. The number of hydrogen-bond donors (Lipinski definition) is 0. The first-order valence-corrected chi connectivity index (χ1v) is 10.7. The molecule has 0 bridgehead atoms. The molecular formula is C21H34N4O. The van der Waals surface area contributed by atoms with Gasteiger partial charge >= 0.3 is 0 Å². The van der Waals surface area contributed by atoms with Crippen LogP contribution in [0.2, 0.25) is 0 Å². The first-order chi connectivity index (χ1) is 12.7. The zero-order valence-corrected chi connectivity index (χ0v) is 16.3. The molecule has 144 valence electrons. The van der Waals surface area contributed by atoms with Crippen LogP contribution in [0, 0.1) is 5.41 Å². The third-order valence-corrected chi connectivity index (χ3v) is 6.83. The minimum atomic E-state index is 0.316. The van der Waals surface area contributed by atoms with E-state index in [1.807, 2.05) is 6.20 Å². The number of amides is 1. The van der Waals surface area contributed by atoms with Gasteiger partial charge in [-0.25, -0.2) is 4.98 Å². The summed E-state index contributed by atoms with van der Waals surface area (Å²) in [5.74, 6) is 1.61. The smallest absolute Gasteiger partial charge is 0.222 e. The van der Waals surface area contributed by atoms with E-state index in [0.29, 0.717) is 17.4 Å². The summed E-state index contributed by atoms with van der Waals surface area (Å²) in [6.07, 6.45) is 14.6. The Kier molecular flexibility index (Phi) is 5.35. The molecule has 1 amide bonds. The highest BCUT2D eigenvalue weighted by Crippen LogP contribution is 2.41. The standard InChI is InChI=1S/C21H34N4O/c1-2-12-24-14-11-22-19(24)15-23-13-5-9-21(16-23)10-8-20(26)25(17-21)18-6-3-4-7-18/h11,14,18H,2-10,12-13,15-17H2,1H3. The van der Waals surface area contributed by atoms with Crippen molar-refractivity contribution in [1.29, 1.82) is 0 Å². The van der Waals surface area contributed by atoms with Gasteiger partial charge in [0.05, 0.1) is 6.54 Å². The van der Waals surface area contributed by atoms with Crippen LogP contribution in [0.1, 0.15) is 70.5 Å². The molecule has 0 radical (unpaired) electrons. The van der Waals surface area contributed by atoms with Crippen LogP contribution in [0.5, 0.6) is 0 Å². The second-order valence-electron chi connectivity index (χ2n) is 8.81. The zero-order chi connectivity index (χ0) is 18.0. The van der Waals surface area contributed by atoms with Crippen LogP contribution < -0.4 is 0 Å². The van der Waals surface area contributed by atoms with Crippen molar-refractivity contribution in [3.63, 3.8) is 0 Å². The highest BCUT2D eigenvalue weighted by atomic mass is 16.2. The molecule has 3 heterocycles. The predicted molar refractivity (Wildman–Crippen MR) is 103 cm³/mol. The molecule has 5 heteroatoms. The van der Waals surface area contributed by atoms with Crippen molar-refractivity contribution in [2.45, 2.75) is 83.8 Å².